The van der Waals surface area contributed by atoms with Crippen LogP contribution in [0.25, 0.3) is 0 Å². The van der Waals surface area contributed by atoms with Gasteiger partial charge in [0.05, 0.1) is 13.2 Å². The summed E-state index contributed by atoms with van der Waals surface area (Å²) >= 11 is 0. The van der Waals surface area contributed by atoms with Crippen LogP contribution >= 0.6 is 23.5 Å². The lowest BCUT2D eigenvalue weighted by molar-refractivity contribution is -0.213. The zero-order chi connectivity index (χ0) is 36.4. The third-order valence-electron chi connectivity index (χ3n) is 7.39. The lowest BCUT2D eigenvalue weighted by Gasteiger charge is -2.44. The lowest BCUT2D eigenvalue weighted by atomic mass is 9.85. The van der Waals surface area contributed by atoms with Crippen molar-refractivity contribution in [3.8, 4) is 0 Å². The van der Waals surface area contributed by atoms with Crippen LogP contribution in [0.15, 0.2) is 0 Å². The quantitative estimate of drug-likeness (QED) is 0.0250. The predicted molar refractivity (Wildman–Crippen MR) is 166 cm³/mol. The first kappa shape index (κ1) is 45.6. The molecule has 22 heteroatoms. The number of hydrogen-bond acceptors (Lipinski definition) is 14. The van der Waals surface area contributed by atoms with E-state index in [4.69, 9.17) is 43.2 Å². The number of carbonyl (C=O) groups excluding carboxylic acids is 1. The molecule has 1 fully saturated rings. The minimum atomic E-state index is -5.56. The fourth-order valence-electron chi connectivity index (χ4n) is 5.05. The Morgan fingerprint density at radius 3 is 1.52 bits per heavy atom. The molecule has 9 N–H and O–H groups in total. The van der Waals surface area contributed by atoms with Gasteiger partial charge < -0.3 is 54.4 Å². The number of phosphoric acid groups is 3. The Labute approximate surface area is 279 Å². The van der Waals surface area contributed by atoms with Crippen LogP contribution < -0.4 is 0 Å². The van der Waals surface area contributed by atoms with Crippen molar-refractivity contribution in [3.05, 3.63) is 0 Å². The van der Waals surface area contributed by atoms with Gasteiger partial charge in [-0.3, -0.25) is 22.9 Å². The summed E-state index contributed by atoms with van der Waals surface area (Å²) in [5.74, 6) is -0.684. The highest BCUT2D eigenvalue weighted by molar-refractivity contribution is 7.47. The zero-order valence-electron chi connectivity index (χ0n) is 27.0. The molecule has 0 amide bonds. The second-order valence-electron chi connectivity index (χ2n) is 11.5. The number of unbranched alkanes of at least 4 members (excludes halogenated alkanes) is 12. The normalized spacial score (nSPS) is 25.5. The van der Waals surface area contributed by atoms with E-state index in [0.717, 1.165) is 25.7 Å². The first-order valence-corrected chi connectivity index (χ1v) is 20.5. The molecule has 286 valence electrons. The summed E-state index contributed by atoms with van der Waals surface area (Å²) in [5.41, 5.74) is 0. The average molecular weight is 763 g/mol. The third kappa shape index (κ3) is 19.8. The van der Waals surface area contributed by atoms with Crippen molar-refractivity contribution in [2.75, 3.05) is 20.0 Å². The monoisotopic (exact) mass is 762 g/mol. The second-order valence-corrected chi connectivity index (χ2v) is 15.3. The number of aliphatic hydroxyl groups excluding tert-OH is 4. The van der Waals surface area contributed by atoms with Gasteiger partial charge in [-0.15, -0.1) is 0 Å². The largest absolute Gasteiger partial charge is 0.472 e. The minimum Gasteiger partial charge on any atom is -0.457 e. The van der Waals surface area contributed by atoms with Crippen LogP contribution in [0.1, 0.15) is 96.8 Å². The molecule has 4 unspecified atom stereocenters. The molecule has 0 heterocycles. The Balaban J connectivity index is 2.61. The molecule has 0 aliphatic heterocycles. The van der Waals surface area contributed by atoms with Crippen LogP contribution in [0.4, 0.5) is 0 Å². The van der Waals surface area contributed by atoms with E-state index in [1.807, 2.05) is 0 Å². The SMILES string of the molecule is CCCCCCCCCCCCCCCC(=O)O[C@@H](COCO)COP(=O)(O)OC1C(O)[C@H](O)[C@@H](OP(=O)(O)O)C(OP(=O)(O)O)[C@@H]1O. The molecule has 1 saturated carbocycles. The van der Waals surface area contributed by atoms with E-state index < -0.39 is 92.2 Å². The predicted octanol–water partition coefficient (Wildman–Crippen LogP) is 1.90. The summed E-state index contributed by atoms with van der Waals surface area (Å²) in [4.78, 5) is 59.1. The maximum atomic E-state index is 12.7. The zero-order valence-corrected chi connectivity index (χ0v) is 29.7. The van der Waals surface area contributed by atoms with Crippen molar-refractivity contribution >= 4 is 29.4 Å². The van der Waals surface area contributed by atoms with Gasteiger partial charge in [0.1, 0.15) is 49.5 Å². The second kappa shape index (κ2) is 23.2. The number of rotatable bonds is 27. The molecule has 1 aliphatic carbocycles. The number of esters is 1. The van der Waals surface area contributed by atoms with Crippen LogP contribution in [0.2, 0.25) is 0 Å². The van der Waals surface area contributed by atoms with Gasteiger partial charge in [0.15, 0.2) is 0 Å². The Morgan fingerprint density at radius 1 is 0.625 bits per heavy atom. The Morgan fingerprint density at radius 2 is 1.06 bits per heavy atom. The van der Waals surface area contributed by atoms with E-state index in [9.17, 15) is 38.7 Å². The standard InChI is InChI=1S/C26H53O19P3/c1-2-3-4-5-6-7-8-9-10-11-12-13-14-15-20(28)42-19(16-40-18-27)17-41-48(38,39)45-24-21(29)22(30)25(43-46(32,33)34)26(23(24)31)44-47(35,36)37/h19,21-27,29-31H,2-18H2,1H3,(H,38,39)(H2,32,33,34)(H2,35,36,37)/t19-,21?,22-,23+,24?,25+,26?/m0/s1. The summed E-state index contributed by atoms with van der Waals surface area (Å²) in [5, 5.41) is 40.2. The fraction of sp³-hybridized carbons (Fsp3) is 0.962. The van der Waals surface area contributed by atoms with Crippen molar-refractivity contribution in [2.45, 2.75) is 140 Å². The number of carbonyl (C=O) groups is 1. The van der Waals surface area contributed by atoms with Crippen molar-refractivity contribution in [1.82, 2.24) is 0 Å². The van der Waals surface area contributed by atoms with E-state index in [-0.39, 0.29) is 6.42 Å². The van der Waals surface area contributed by atoms with Gasteiger partial charge in [0.2, 0.25) is 0 Å². The van der Waals surface area contributed by atoms with Gasteiger partial charge >= 0.3 is 29.4 Å². The number of aliphatic hydroxyl groups is 4. The van der Waals surface area contributed by atoms with Gasteiger partial charge in [-0.05, 0) is 6.42 Å². The molecule has 0 bridgehead atoms. The lowest BCUT2D eigenvalue weighted by Crippen LogP contribution is -2.65. The van der Waals surface area contributed by atoms with E-state index in [1.165, 1.54) is 51.4 Å². The van der Waals surface area contributed by atoms with Crippen LogP contribution in [0.5, 0.6) is 0 Å². The smallest absolute Gasteiger partial charge is 0.457 e. The van der Waals surface area contributed by atoms with Crippen molar-refractivity contribution < 1.29 is 91.0 Å². The van der Waals surface area contributed by atoms with Crippen molar-refractivity contribution in [1.29, 1.82) is 0 Å². The first-order chi connectivity index (χ1) is 22.4. The summed E-state index contributed by atoms with van der Waals surface area (Å²) < 4.78 is 63.4. The van der Waals surface area contributed by atoms with Gasteiger partial charge in [0.25, 0.3) is 0 Å². The van der Waals surface area contributed by atoms with E-state index >= 15 is 0 Å². The maximum absolute atomic E-state index is 12.7. The summed E-state index contributed by atoms with van der Waals surface area (Å²) in [7, 11) is -16.4. The highest BCUT2D eigenvalue weighted by atomic mass is 31.2. The van der Waals surface area contributed by atoms with Gasteiger partial charge in [-0.2, -0.15) is 0 Å². The first-order valence-electron chi connectivity index (χ1n) is 16.0. The molecule has 8 atom stereocenters. The van der Waals surface area contributed by atoms with E-state index in [2.05, 4.69) is 16.0 Å². The highest BCUT2D eigenvalue weighted by Gasteiger charge is 2.56. The van der Waals surface area contributed by atoms with Crippen molar-refractivity contribution in [3.63, 3.8) is 0 Å². The molecule has 0 spiro atoms. The van der Waals surface area contributed by atoms with Crippen LogP contribution in [0, 0.1) is 0 Å². The highest BCUT2D eigenvalue weighted by Crippen LogP contribution is 2.51. The Bertz CT molecular complexity index is 1040. The van der Waals surface area contributed by atoms with E-state index in [1.54, 1.807) is 0 Å². The van der Waals surface area contributed by atoms with Crippen LogP contribution in [-0.2, 0) is 46.1 Å². The van der Waals surface area contributed by atoms with Crippen molar-refractivity contribution in [2.24, 2.45) is 0 Å². The molecule has 0 aromatic carbocycles. The maximum Gasteiger partial charge on any atom is 0.472 e. The third-order valence-corrected chi connectivity index (χ3v) is 9.42. The summed E-state index contributed by atoms with van der Waals surface area (Å²) in [6.45, 7) is 0.0533. The average Bonchev–Trinajstić information content (AvgIpc) is 2.98. The molecule has 0 radical (unpaired) electrons. The van der Waals surface area contributed by atoms with Crippen LogP contribution in [0.3, 0.4) is 0 Å². The molecular weight excluding hydrogens is 709 g/mol. The van der Waals surface area contributed by atoms with Crippen LogP contribution in [-0.4, -0.2) is 114 Å². The topological polar surface area (TPSA) is 306 Å². The van der Waals surface area contributed by atoms with Gasteiger partial charge in [-0.1, -0.05) is 84.0 Å². The van der Waals surface area contributed by atoms with Gasteiger partial charge in [0, 0.05) is 6.42 Å². The Kier molecular flexibility index (Phi) is 22.1. The van der Waals surface area contributed by atoms with Gasteiger partial charge in [-0.25, -0.2) is 13.7 Å². The number of hydrogen-bond donors (Lipinski definition) is 9. The minimum absolute atomic E-state index is 0.0256. The Hall–Kier alpha value is -0.400. The molecule has 1 rings (SSSR count). The fourth-order valence-corrected chi connectivity index (χ4v) is 7.14. The summed E-state index contributed by atoms with van der Waals surface area (Å²) in [6.07, 6.45) is -1.69. The molecule has 0 aromatic rings. The molecule has 0 aromatic heterocycles. The molecule has 19 nitrogen and oxygen atoms in total. The number of ether oxygens (including phenoxy) is 2. The molecule has 48 heavy (non-hydrogen) atoms. The number of phosphoric ester groups is 3. The van der Waals surface area contributed by atoms with E-state index in [0.29, 0.717) is 6.42 Å². The summed E-state index contributed by atoms with van der Waals surface area (Å²) in [6, 6.07) is 0. The molecule has 1 aliphatic rings. The molecule has 0 saturated heterocycles. The molecular formula is C26H53O19P3.